The van der Waals surface area contributed by atoms with E-state index >= 15 is 0 Å². The number of benzene rings is 3. The molecule has 2 N–H and O–H groups in total. The van der Waals surface area contributed by atoms with Crippen molar-refractivity contribution >= 4 is 35.3 Å². The number of methoxy groups -OCH3 is 1. The maximum atomic E-state index is 13.6. The van der Waals surface area contributed by atoms with Crippen LogP contribution in [-0.4, -0.2) is 25.1 Å². The fourth-order valence-electron chi connectivity index (χ4n) is 2.67. The number of halogens is 2. The number of hydrogen-bond acceptors (Lipinski definition) is 5. The van der Waals surface area contributed by atoms with Crippen LogP contribution in [0, 0.1) is 5.82 Å². The van der Waals surface area contributed by atoms with Crippen LogP contribution in [-0.2, 0) is 16.2 Å². The lowest BCUT2D eigenvalue weighted by Gasteiger charge is -2.13. The van der Waals surface area contributed by atoms with Crippen molar-refractivity contribution in [2.75, 3.05) is 12.4 Å². The van der Waals surface area contributed by atoms with Gasteiger partial charge in [-0.15, -0.1) is 0 Å². The molecule has 164 valence electrons. The van der Waals surface area contributed by atoms with Crippen molar-refractivity contribution in [3.63, 3.8) is 0 Å². The zero-order chi connectivity index (χ0) is 22.9. The van der Waals surface area contributed by atoms with E-state index in [4.69, 9.17) is 21.1 Å². The highest BCUT2D eigenvalue weighted by Gasteiger charge is 2.15. The summed E-state index contributed by atoms with van der Waals surface area (Å²) in [6, 6.07) is 17.9. The van der Waals surface area contributed by atoms with Gasteiger partial charge in [-0.25, -0.2) is 9.82 Å². The average molecular weight is 456 g/mol. The molecule has 0 spiro atoms. The van der Waals surface area contributed by atoms with Gasteiger partial charge in [0.05, 0.1) is 19.0 Å². The largest absolute Gasteiger partial charge is 0.493 e. The molecule has 0 aliphatic carbocycles. The van der Waals surface area contributed by atoms with Crippen LogP contribution in [0.3, 0.4) is 0 Å². The summed E-state index contributed by atoms with van der Waals surface area (Å²) in [7, 11) is 1.49. The van der Waals surface area contributed by atoms with Crippen molar-refractivity contribution in [1.29, 1.82) is 0 Å². The number of hydrazone groups is 1. The van der Waals surface area contributed by atoms with E-state index in [1.807, 2.05) is 18.2 Å². The monoisotopic (exact) mass is 455 g/mol. The first-order valence-corrected chi connectivity index (χ1v) is 9.79. The normalized spacial score (nSPS) is 10.6. The van der Waals surface area contributed by atoms with Crippen LogP contribution in [0.15, 0.2) is 71.8 Å². The van der Waals surface area contributed by atoms with Gasteiger partial charge in [0.25, 0.3) is 0 Å². The van der Waals surface area contributed by atoms with Gasteiger partial charge in [-0.05, 0) is 30.3 Å². The van der Waals surface area contributed by atoms with Crippen LogP contribution in [0.2, 0.25) is 5.02 Å². The lowest BCUT2D eigenvalue weighted by atomic mass is 10.2. The summed E-state index contributed by atoms with van der Waals surface area (Å²) in [6.07, 6.45) is 1.30. The predicted molar refractivity (Wildman–Crippen MR) is 120 cm³/mol. The van der Waals surface area contributed by atoms with E-state index in [2.05, 4.69) is 15.8 Å². The number of carbonyl (C=O) groups excluding carboxylic acids is 2. The quantitative estimate of drug-likeness (QED) is 0.318. The number of anilines is 1. The van der Waals surface area contributed by atoms with E-state index in [1.165, 1.54) is 37.6 Å². The van der Waals surface area contributed by atoms with Crippen LogP contribution in [0.25, 0.3) is 0 Å². The lowest BCUT2D eigenvalue weighted by Crippen LogP contribution is -2.32. The molecular weight excluding hydrogens is 437 g/mol. The molecule has 0 saturated carbocycles. The van der Waals surface area contributed by atoms with Crippen LogP contribution in [0.5, 0.6) is 11.5 Å². The molecule has 2 amide bonds. The summed E-state index contributed by atoms with van der Waals surface area (Å²) in [5.74, 6) is -1.96. The van der Waals surface area contributed by atoms with E-state index in [9.17, 15) is 14.0 Å². The Balaban J connectivity index is 1.68. The van der Waals surface area contributed by atoms with Crippen LogP contribution < -0.4 is 20.2 Å². The number of para-hydroxylation sites is 2. The van der Waals surface area contributed by atoms with Gasteiger partial charge < -0.3 is 14.8 Å². The van der Waals surface area contributed by atoms with Crippen LogP contribution in [0.4, 0.5) is 10.1 Å². The summed E-state index contributed by atoms with van der Waals surface area (Å²) in [6.45, 7) is 0.179. The summed E-state index contributed by atoms with van der Waals surface area (Å²) in [4.78, 5) is 23.9. The molecule has 32 heavy (non-hydrogen) atoms. The number of hydrogen-bond donors (Lipinski definition) is 2. The Hall–Kier alpha value is -3.91. The third-order valence-electron chi connectivity index (χ3n) is 4.26. The molecule has 9 heteroatoms. The summed E-state index contributed by atoms with van der Waals surface area (Å²) >= 11 is 6.17. The number of rotatable bonds is 7. The lowest BCUT2D eigenvalue weighted by molar-refractivity contribution is -0.136. The fourth-order valence-corrected chi connectivity index (χ4v) is 2.86. The maximum Gasteiger partial charge on any atom is 0.329 e. The van der Waals surface area contributed by atoms with Gasteiger partial charge >= 0.3 is 11.8 Å². The fraction of sp³-hybridized carbons (Fsp3) is 0.0870. The number of nitrogens with zero attached hydrogens (tertiary/aromatic N) is 1. The topological polar surface area (TPSA) is 89.0 Å². The summed E-state index contributed by atoms with van der Waals surface area (Å²) in [5.41, 5.74) is 3.26. The van der Waals surface area contributed by atoms with Crippen LogP contribution in [0.1, 0.15) is 11.1 Å². The molecular formula is C23H19ClFN3O4. The second-order valence-corrected chi connectivity index (χ2v) is 6.80. The number of nitrogens with one attached hydrogen (secondary N) is 2. The van der Waals surface area contributed by atoms with E-state index in [0.29, 0.717) is 22.1 Å². The zero-order valence-corrected chi connectivity index (χ0v) is 17.7. The second kappa shape index (κ2) is 10.9. The Kier molecular flexibility index (Phi) is 7.77. The van der Waals surface area contributed by atoms with Gasteiger partial charge in [-0.1, -0.05) is 48.0 Å². The number of amides is 2. The molecule has 0 radical (unpaired) electrons. The highest BCUT2D eigenvalue weighted by atomic mass is 35.5. The first-order valence-electron chi connectivity index (χ1n) is 9.41. The molecule has 7 nitrogen and oxygen atoms in total. The average Bonchev–Trinajstić information content (AvgIpc) is 2.80. The van der Waals surface area contributed by atoms with Gasteiger partial charge in [0.15, 0.2) is 11.5 Å². The van der Waals surface area contributed by atoms with E-state index in [0.717, 1.165) is 5.56 Å². The third-order valence-corrected chi connectivity index (χ3v) is 4.63. The number of ether oxygens (including phenoxy) is 2. The minimum atomic E-state index is -1.06. The Labute approximate surface area is 188 Å². The minimum absolute atomic E-state index is 0.111. The molecule has 0 atom stereocenters. The van der Waals surface area contributed by atoms with Crippen molar-refractivity contribution in [2.45, 2.75) is 6.61 Å². The maximum absolute atomic E-state index is 13.6. The van der Waals surface area contributed by atoms with Crippen molar-refractivity contribution in [3.05, 3.63) is 88.7 Å². The molecule has 0 unspecified atom stereocenters. The Bertz CT molecular complexity index is 1150. The molecule has 0 heterocycles. The SMILES string of the molecule is COc1cccc(/C=N\NC(=O)C(=O)Nc2ccccc2F)c1OCc1ccccc1Cl. The smallest absolute Gasteiger partial charge is 0.329 e. The first-order chi connectivity index (χ1) is 15.5. The molecule has 0 saturated heterocycles. The zero-order valence-electron chi connectivity index (χ0n) is 17.0. The highest BCUT2D eigenvalue weighted by molar-refractivity contribution is 6.39. The summed E-state index contributed by atoms with van der Waals surface area (Å²) < 4.78 is 24.8. The van der Waals surface area contributed by atoms with E-state index in [-0.39, 0.29) is 12.3 Å². The Morgan fingerprint density at radius 1 is 1.03 bits per heavy atom. The Morgan fingerprint density at radius 3 is 2.53 bits per heavy atom. The van der Waals surface area contributed by atoms with Crippen molar-refractivity contribution in [1.82, 2.24) is 5.43 Å². The second-order valence-electron chi connectivity index (χ2n) is 6.39. The third kappa shape index (κ3) is 5.83. The minimum Gasteiger partial charge on any atom is -0.493 e. The molecule has 0 aliphatic heterocycles. The Morgan fingerprint density at radius 2 is 1.78 bits per heavy atom. The van der Waals surface area contributed by atoms with E-state index < -0.39 is 17.6 Å². The predicted octanol–water partition coefficient (Wildman–Crippen LogP) is 4.16. The van der Waals surface area contributed by atoms with Gasteiger partial charge in [0, 0.05) is 16.1 Å². The van der Waals surface area contributed by atoms with Gasteiger partial charge in [0.2, 0.25) is 0 Å². The summed E-state index contributed by atoms with van der Waals surface area (Å²) in [5, 5.41) is 6.53. The van der Waals surface area contributed by atoms with Gasteiger partial charge in [-0.3, -0.25) is 9.59 Å². The van der Waals surface area contributed by atoms with Crippen molar-refractivity contribution in [3.8, 4) is 11.5 Å². The molecule has 3 aromatic rings. The van der Waals surface area contributed by atoms with Crippen LogP contribution >= 0.6 is 11.6 Å². The molecule has 0 aliphatic rings. The number of carbonyl (C=O) groups is 2. The molecule has 0 fully saturated rings. The molecule has 3 rings (SSSR count). The molecule has 3 aromatic carbocycles. The van der Waals surface area contributed by atoms with Crippen molar-refractivity contribution < 1.29 is 23.5 Å². The highest BCUT2D eigenvalue weighted by Crippen LogP contribution is 2.31. The molecule has 0 bridgehead atoms. The van der Waals surface area contributed by atoms with Crippen molar-refractivity contribution in [2.24, 2.45) is 5.10 Å². The van der Waals surface area contributed by atoms with E-state index in [1.54, 1.807) is 24.3 Å². The first kappa shape index (κ1) is 22.8. The van der Waals surface area contributed by atoms with Gasteiger partial charge in [0.1, 0.15) is 12.4 Å². The van der Waals surface area contributed by atoms with Gasteiger partial charge in [-0.2, -0.15) is 5.10 Å². The standard InChI is InChI=1S/C23H19ClFN3O4/c1-31-20-12-6-8-15(21(20)32-14-16-7-2-3-9-17(16)24)13-26-28-23(30)22(29)27-19-11-5-4-10-18(19)25/h2-13H,14H2,1H3,(H,27,29)(H,28,30)/b26-13-. The molecule has 0 aromatic heterocycles.